The van der Waals surface area contributed by atoms with Gasteiger partial charge >= 0.3 is 0 Å². The van der Waals surface area contributed by atoms with E-state index in [0.717, 1.165) is 18.9 Å². The van der Waals surface area contributed by atoms with Crippen molar-refractivity contribution in [1.29, 1.82) is 0 Å². The molecule has 1 aliphatic carbocycles. The summed E-state index contributed by atoms with van der Waals surface area (Å²) >= 11 is 0. The largest absolute Gasteiger partial charge is 0.393 e. The van der Waals surface area contributed by atoms with Crippen molar-refractivity contribution in [3.63, 3.8) is 0 Å². The number of aliphatic hydroxyl groups excluding tert-OH is 1. The fraction of sp³-hybridized carbons (Fsp3) is 1.00. The zero-order chi connectivity index (χ0) is 11.6. The highest BCUT2D eigenvalue weighted by Gasteiger charge is 2.29. The van der Waals surface area contributed by atoms with E-state index in [1.807, 2.05) is 0 Å². The van der Waals surface area contributed by atoms with E-state index < -0.39 is 0 Å². The van der Waals surface area contributed by atoms with Gasteiger partial charge in [0.25, 0.3) is 0 Å². The third kappa shape index (κ3) is 3.21. The molecule has 1 heterocycles. The van der Waals surface area contributed by atoms with Crippen molar-refractivity contribution in [2.75, 3.05) is 13.1 Å². The monoisotopic (exact) mass is 225 g/mol. The van der Waals surface area contributed by atoms with Gasteiger partial charge in [0.2, 0.25) is 0 Å². The predicted octanol–water partition coefficient (Wildman–Crippen LogP) is 2.80. The Labute approximate surface area is 100 Å². The van der Waals surface area contributed by atoms with E-state index in [4.69, 9.17) is 0 Å². The average molecular weight is 225 g/mol. The fourth-order valence-electron chi connectivity index (χ4n) is 3.23. The summed E-state index contributed by atoms with van der Waals surface area (Å²) in [6.45, 7) is 7.36. The van der Waals surface area contributed by atoms with Crippen LogP contribution in [0.5, 0.6) is 0 Å². The Morgan fingerprint density at radius 1 is 1.00 bits per heavy atom. The highest BCUT2D eigenvalue weighted by Crippen LogP contribution is 2.32. The lowest BCUT2D eigenvalue weighted by Crippen LogP contribution is -2.39. The molecule has 94 valence electrons. The van der Waals surface area contributed by atoms with Gasteiger partial charge in [-0.3, -0.25) is 0 Å². The number of hydrogen-bond donors (Lipinski definition) is 1. The van der Waals surface area contributed by atoms with E-state index in [0.29, 0.717) is 5.41 Å². The molecule has 2 aliphatic rings. The first-order chi connectivity index (χ1) is 7.57. The van der Waals surface area contributed by atoms with Gasteiger partial charge in [0.15, 0.2) is 0 Å². The molecule has 0 amide bonds. The van der Waals surface area contributed by atoms with Gasteiger partial charge in [0, 0.05) is 6.04 Å². The quantitative estimate of drug-likeness (QED) is 0.742. The first-order valence-electron chi connectivity index (χ1n) is 6.99. The highest BCUT2D eigenvalue weighted by molar-refractivity contribution is 4.83. The Kier molecular flexibility index (Phi) is 3.91. The van der Waals surface area contributed by atoms with Crippen molar-refractivity contribution >= 4 is 0 Å². The summed E-state index contributed by atoms with van der Waals surface area (Å²) in [5, 5.41) is 9.55. The first kappa shape index (κ1) is 12.4. The van der Waals surface area contributed by atoms with Crippen molar-refractivity contribution in [1.82, 2.24) is 4.90 Å². The molecule has 1 N–H and O–H groups in total. The average Bonchev–Trinajstić information content (AvgIpc) is 2.41. The molecule has 2 rings (SSSR count). The SMILES string of the molecule is CC1(C)CCCN(C2CCC(O)CC2)CC1. The Balaban J connectivity index is 1.85. The Morgan fingerprint density at radius 2 is 1.69 bits per heavy atom. The summed E-state index contributed by atoms with van der Waals surface area (Å²) in [6, 6.07) is 0.761. The summed E-state index contributed by atoms with van der Waals surface area (Å²) in [6.07, 6.45) is 8.51. The predicted molar refractivity (Wildman–Crippen MR) is 67.5 cm³/mol. The van der Waals surface area contributed by atoms with Crippen molar-refractivity contribution in [2.24, 2.45) is 5.41 Å². The van der Waals surface area contributed by atoms with E-state index in [-0.39, 0.29) is 6.10 Å². The molecule has 0 unspecified atom stereocenters. The third-order valence-corrected chi connectivity index (χ3v) is 4.56. The second kappa shape index (κ2) is 5.05. The highest BCUT2D eigenvalue weighted by atomic mass is 16.3. The van der Waals surface area contributed by atoms with Gasteiger partial charge in [0.05, 0.1) is 6.10 Å². The number of aliphatic hydroxyl groups is 1. The second-order valence-electron chi connectivity index (χ2n) is 6.52. The number of nitrogens with zero attached hydrogens (tertiary/aromatic N) is 1. The lowest BCUT2D eigenvalue weighted by atomic mass is 9.85. The van der Waals surface area contributed by atoms with Crippen LogP contribution in [0.4, 0.5) is 0 Å². The van der Waals surface area contributed by atoms with Crippen molar-refractivity contribution in [3.05, 3.63) is 0 Å². The molecule has 0 aromatic heterocycles. The van der Waals surface area contributed by atoms with E-state index in [1.54, 1.807) is 0 Å². The van der Waals surface area contributed by atoms with Crippen LogP contribution >= 0.6 is 0 Å². The fourth-order valence-corrected chi connectivity index (χ4v) is 3.23. The maximum absolute atomic E-state index is 9.55. The topological polar surface area (TPSA) is 23.5 Å². The van der Waals surface area contributed by atoms with Crippen LogP contribution in [0.2, 0.25) is 0 Å². The van der Waals surface area contributed by atoms with Crippen LogP contribution in [0.25, 0.3) is 0 Å². The summed E-state index contributed by atoms with van der Waals surface area (Å²) in [5.74, 6) is 0. The molecule has 2 heteroatoms. The molecule has 1 saturated carbocycles. The molecule has 16 heavy (non-hydrogen) atoms. The van der Waals surface area contributed by atoms with Gasteiger partial charge in [-0.05, 0) is 63.5 Å². The molecule has 2 fully saturated rings. The number of hydrogen-bond acceptors (Lipinski definition) is 2. The maximum Gasteiger partial charge on any atom is 0.0541 e. The summed E-state index contributed by atoms with van der Waals surface area (Å²) in [5.41, 5.74) is 0.545. The van der Waals surface area contributed by atoms with Crippen LogP contribution in [0, 0.1) is 5.41 Å². The van der Waals surface area contributed by atoms with Crippen LogP contribution < -0.4 is 0 Å². The van der Waals surface area contributed by atoms with Crippen LogP contribution in [0.15, 0.2) is 0 Å². The molecule has 1 saturated heterocycles. The first-order valence-corrected chi connectivity index (χ1v) is 6.99. The van der Waals surface area contributed by atoms with Crippen molar-refractivity contribution < 1.29 is 5.11 Å². The minimum Gasteiger partial charge on any atom is -0.393 e. The molecular weight excluding hydrogens is 198 g/mol. The molecule has 0 aromatic carbocycles. The van der Waals surface area contributed by atoms with E-state index in [9.17, 15) is 5.11 Å². The molecule has 0 aromatic rings. The Morgan fingerprint density at radius 3 is 2.38 bits per heavy atom. The minimum atomic E-state index is -0.0142. The maximum atomic E-state index is 9.55. The number of likely N-dealkylation sites (tertiary alicyclic amines) is 1. The van der Waals surface area contributed by atoms with E-state index >= 15 is 0 Å². The second-order valence-corrected chi connectivity index (χ2v) is 6.52. The zero-order valence-electron chi connectivity index (χ0n) is 10.9. The summed E-state index contributed by atoms with van der Waals surface area (Å²) < 4.78 is 0. The molecule has 0 atom stereocenters. The molecule has 1 aliphatic heterocycles. The van der Waals surface area contributed by atoms with Crippen molar-refractivity contribution in [2.45, 2.75) is 70.9 Å². The van der Waals surface area contributed by atoms with Crippen molar-refractivity contribution in [3.8, 4) is 0 Å². The van der Waals surface area contributed by atoms with E-state index in [2.05, 4.69) is 18.7 Å². The normalized spacial score (nSPS) is 36.9. The molecular formula is C14H27NO. The summed E-state index contributed by atoms with van der Waals surface area (Å²) in [7, 11) is 0. The van der Waals surface area contributed by atoms with E-state index in [1.165, 1.54) is 45.2 Å². The Bertz CT molecular complexity index is 219. The molecule has 0 spiro atoms. The standard InChI is InChI=1S/C14H27NO/c1-14(2)8-3-10-15(11-9-14)12-4-6-13(16)7-5-12/h12-13,16H,3-11H2,1-2H3. The van der Waals surface area contributed by atoms with Gasteiger partial charge in [0.1, 0.15) is 0 Å². The minimum absolute atomic E-state index is 0.0142. The van der Waals surface area contributed by atoms with Gasteiger partial charge in [-0.15, -0.1) is 0 Å². The number of rotatable bonds is 1. The lowest BCUT2D eigenvalue weighted by molar-refractivity contribution is 0.0739. The van der Waals surface area contributed by atoms with Gasteiger partial charge < -0.3 is 10.0 Å². The van der Waals surface area contributed by atoms with Gasteiger partial charge in [-0.2, -0.15) is 0 Å². The molecule has 0 bridgehead atoms. The Hall–Kier alpha value is -0.0800. The zero-order valence-corrected chi connectivity index (χ0v) is 10.9. The molecule has 0 radical (unpaired) electrons. The lowest BCUT2D eigenvalue weighted by Gasteiger charge is -2.35. The van der Waals surface area contributed by atoms with Crippen LogP contribution in [-0.4, -0.2) is 35.2 Å². The van der Waals surface area contributed by atoms with Crippen LogP contribution in [-0.2, 0) is 0 Å². The smallest absolute Gasteiger partial charge is 0.0541 e. The summed E-state index contributed by atoms with van der Waals surface area (Å²) in [4.78, 5) is 2.70. The van der Waals surface area contributed by atoms with Crippen LogP contribution in [0.3, 0.4) is 0 Å². The van der Waals surface area contributed by atoms with Crippen LogP contribution in [0.1, 0.15) is 58.8 Å². The van der Waals surface area contributed by atoms with Gasteiger partial charge in [-0.1, -0.05) is 13.8 Å². The third-order valence-electron chi connectivity index (χ3n) is 4.56. The van der Waals surface area contributed by atoms with Gasteiger partial charge in [-0.25, -0.2) is 0 Å². The molecule has 2 nitrogen and oxygen atoms in total.